The van der Waals surface area contributed by atoms with Gasteiger partial charge in [0.2, 0.25) is 21.8 Å². The van der Waals surface area contributed by atoms with Gasteiger partial charge in [-0.15, -0.1) is 0 Å². The lowest BCUT2D eigenvalue weighted by molar-refractivity contribution is -0.132. The molecule has 8 nitrogen and oxygen atoms in total. The highest BCUT2D eigenvalue weighted by Crippen LogP contribution is 2.29. The van der Waals surface area contributed by atoms with Gasteiger partial charge in [0.15, 0.2) is 0 Å². The molecule has 2 heterocycles. The van der Waals surface area contributed by atoms with Crippen molar-refractivity contribution in [2.24, 2.45) is 11.8 Å². The summed E-state index contributed by atoms with van der Waals surface area (Å²) in [4.78, 5) is 28.4. The van der Waals surface area contributed by atoms with Crippen LogP contribution in [0.4, 0.5) is 10.1 Å². The molecule has 3 aliphatic rings. The summed E-state index contributed by atoms with van der Waals surface area (Å²) in [5.74, 6) is -0.420. The third-order valence-corrected chi connectivity index (χ3v) is 9.24. The van der Waals surface area contributed by atoms with Gasteiger partial charge < -0.3 is 15.5 Å². The van der Waals surface area contributed by atoms with Crippen LogP contribution in [0.2, 0.25) is 0 Å². The van der Waals surface area contributed by atoms with Crippen LogP contribution < -0.4 is 15.5 Å². The predicted molar refractivity (Wildman–Crippen MR) is 138 cm³/mol. The largest absolute Gasteiger partial charge is 0.369 e. The Hall–Kier alpha value is -2.20. The van der Waals surface area contributed by atoms with Gasteiger partial charge >= 0.3 is 0 Å². The van der Waals surface area contributed by atoms with Crippen molar-refractivity contribution >= 4 is 27.5 Å². The first-order chi connectivity index (χ1) is 17.2. The molecule has 1 aromatic carbocycles. The summed E-state index contributed by atoms with van der Waals surface area (Å²) in [6, 6.07) is 4.24. The number of nitrogens with one attached hydrogen (secondary N) is 2. The summed E-state index contributed by atoms with van der Waals surface area (Å²) < 4.78 is 38.5. The maximum Gasteiger partial charge on any atom is 0.242 e. The monoisotopic (exact) mass is 522 g/mol. The maximum atomic E-state index is 13.5. The fourth-order valence-corrected chi connectivity index (χ4v) is 6.71. The Balaban J connectivity index is 1.32. The normalized spacial score (nSPS) is 20.7. The molecule has 1 atom stereocenters. The molecule has 0 spiro atoms. The molecule has 4 rings (SSSR count). The standard InChI is InChI=1S/C26H39FN4O4S/c1-36(34,35)31-14-10-20(11-15-31)25(32)29-23(17-19-5-3-2-4-6-19)26(33)28-12-16-30-13-9-21-18-22(27)7-8-24(21)30/h7-8,18-20,23H,2-6,9-17H2,1H3,(H,28,33)(H,29,32)/t23-/m0/s1. The lowest BCUT2D eigenvalue weighted by Crippen LogP contribution is -2.51. The van der Waals surface area contributed by atoms with Gasteiger partial charge in [-0.1, -0.05) is 32.1 Å². The van der Waals surface area contributed by atoms with Crippen molar-refractivity contribution in [1.82, 2.24) is 14.9 Å². The Morgan fingerprint density at radius 3 is 2.50 bits per heavy atom. The zero-order valence-electron chi connectivity index (χ0n) is 21.2. The average Bonchev–Trinajstić information content (AvgIpc) is 3.25. The molecule has 0 bridgehead atoms. The number of nitrogens with zero attached hydrogens (tertiary/aromatic N) is 2. The highest BCUT2D eigenvalue weighted by molar-refractivity contribution is 7.88. The lowest BCUT2D eigenvalue weighted by Gasteiger charge is -2.31. The second kappa shape index (κ2) is 11.9. The first-order valence-corrected chi connectivity index (χ1v) is 15.1. The molecule has 36 heavy (non-hydrogen) atoms. The number of hydrogen-bond acceptors (Lipinski definition) is 5. The van der Waals surface area contributed by atoms with Crippen LogP contribution in [0.3, 0.4) is 0 Å². The number of fused-ring (bicyclic) bond motifs is 1. The van der Waals surface area contributed by atoms with E-state index in [1.807, 2.05) is 0 Å². The van der Waals surface area contributed by atoms with Gasteiger partial charge in [0.05, 0.1) is 6.26 Å². The molecule has 0 aromatic heterocycles. The minimum Gasteiger partial charge on any atom is -0.369 e. The number of carbonyl (C=O) groups is 2. The Kier molecular flexibility index (Phi) is 8.87. The molecule has 2 amide bonds. The molecule has 200 valence electrons. The van der Waals surface area contributed by atoms with Gasteiger partial charge in [-0.25, -0.2) is 17.1 Å². The van der Waals surface area contributed by atoms with Crippen molar-refractivity contribution in [1.29, 1.82) is 0 Å². The number of sulfonamides is 1. The second-order valence-corrected chi connectivity index (χ2v) is 12.5. The number of benzene rings is 1. The molecule has 2 aliphatic heterocycles. The van der Waals surface area contributed by atoms with E-state index in [1.165, 1.54) is 23.0 Å². The van der Waals surface area contributed by atoms with Gasteiger partial charge in [-0.2, -0.15) is 0 Å². The number of hydrogen-bond donors (Lipinski definition) is 2. The molecule has 10 heteroatoms. The smallest absolute Gasteiger partial charge is 0.242 e. The number of rotatable bonds is 9. The van der Waals surface area contributed by atoms with Gasteiger partial charge in [0, 0.05) is 44.3 Å². The van der Waals surface area contributed by atoms with Crippen molar-refractivity contribution in [2.75, 3.05) is 43.9 Å². The summed E-state index contributed by atoms with van der Waals surface area (Å²) in [6.07, 6.45) is 9.23. The third kappa shape index (κ3) is 6.97. The van der Waals surface area contributed by atoms with Crippen LogP contribution >= 0.6 is 0 Å². The van der Waals surface area contributed by atoms with E-state index in [0.717, 1.165) is 49.9 Å². The molecule has 0 unspecified atom stereocenters. The molecule has 2 N–H and O–H groups in total. The molecule has 1 aromatic rings. The van der Waals surface area contributed by atoms with Crippen LogP contribution in [-0.4, -0.2) is 69.6 Å². The Labute approximate surface area is 214 Å². The number of amides is 2. The zero-order chi connectivity index (χ0) is 25.7. The van der Waals surface area contributed by atoms with Crippen LogP contribution in [0, 0.1) is 17.7 Å². The quantitative estimate of drug-likeness (QED) is 0.519. The fourth-order valence-electron chi connectivity index (χ4n) is 5.84. The minimum atomic E-state index is -3.25. The van der Waals surface area contributed by atoms with E-state index in [9.17, 15) is 22.4 Å². The van der Waals surface area contributed by atoms with Gasteiger partial charge in [-0.3, -0.25) is 9.59 Å². The number of halogens is 1. The van der Waals surface area contributed by atoms with Crippen LogP contribution in [0.5, 0.6) is 0 Å². The highest BCUT2D eigenvalue weighted by Gasteiger charge is 2.32. The average molecular weight is 523 g/mol. The molecular weight excluding hydrogens is 483 g/mol. The second-order valence-electron chi connectivity index (χ2n) is 10.5. The molecule has 0 radical (unpaired) electrons. The third-order valence-electron chi connectivity index (χ3n) is 7.93. The maximum absolute atomic E-state index is 13.5. The van der Waals surface area contributed by atoms with Crippen molar-refractivity contribution in [3.05, 3.63) is 29.6 Å². The summed E-state index contributed by atoms with van der Waals surface area (Å²) in [6.45, 7) is 2.52. The van der Waals surface area contributed by atoms with Crippen LogP contribution in [0.25, 0.3) is 0 Å². The van der Waals surface area contributed by atoms with Crippen molar-refractivity contribution < 1.29 is 22.4 Å². The van der Waals surface area contributed by atoms with E-state index in [1.54, 1.807) is 12.1 Å². The summed E-state index contributed by atoms with van der Waals surface area (Å²) >= 11 is 0. The van der Waals surface area contributed by atoms with E-state index in [4.69, 9.17) is 0 Å². The molecule has 2 fully saturated rings. The summed E-state index contributed by atoms with van der Waals surface area (Å²) in [5.41, 5.74) is 2.00. The topological polar surface area (TPSA) is 98.8 Å². The summed E-state index contributed by atoms with van der Waals surface area (Å²) in [5, 5.41) is 6.03. The Bertz CT molecular complexity index is 1040. The first-order valence-electron chi connectivity index (χ1n) is 13.3. The van der Waals surface area contributed by atoms with Crippen molar-refractivity contribution in [2.45, 2.75) is 63.8 Å². The van der Waals surface area contributed by atoms with Crippen molar-refractivity contribution in [3.63, 3.8) is 0 Å². The predicted octanol–water partition coefficient (Wildman–Crippen LogP) is 2.43. The molecular formula is C26H39FN4O4S. The summed E-state index contributed by atoms with van der Waals surface area (Å²) in [7, 11) is -3.25. The minimum absolute atomic E-state index is 0.158. The lowest BCUT2D eigenvalue weighted by atomic mass is 9.84. The highest BCUT2D eigenvalue weighted by atomic mass is 32.2. The number of piperidine rings is 1. The zero-order valence-corrected chi connectivity index (χ0v) is 22.0. The molecule has 1 saturated heterocycles. The van der Waals surface area contributed by atoms with Crippen molar-refractivity contribution in [3.8, 4) is 0 Å². The Morgan fingerprint density at radius 1 is 1.08 bits per heavy atom. The van der Waals surface area contributed by atoms with Crippen LogP contribution in [0.15, 0.2) is 18.2 Å². The van der Waals surface area contributed by atoms with E-state index in [-0.39, 0.29) is 23.5 Å². The van der Waals surface area contributed by atoms with Gasteiger partial charge in [0.1, 0.15) is 11.9 Å². The SMILES string of the molecule is CS(=O)(=O)N1CCC(C(=O)N[C@@H](CC2CCCCC2)C(=O)NCCN2CCc3cc(F)ccc32)CC1. The number of anilines is 1. The van der Waals surface area contributed by atoms with Gasteiger partial charge in [-0.05, 0) is 55.4 Å². The van der Waals surface area contributed by atoms with E-state index in [0.29, 0.717) is 51.4 Å². The molecule has 1 saturated carbocycles. The van der Waals surface area contributed by atoms with Crippen LogP contribution in [0.1, 0.15) is 56.9 Å². The molecule has 1 aliphatic carbocycles. The van der Waals surface area contributed by atoms with Crippen LogP contribution in [-0.2, 0) is 26.0 Å². The fraction of sp³-hybridized carbons (Fsp3) is 0.692. The van der Waals surface area contributed by atoms with E-state index in [2.05, 4.69) is 15.5 Å². The first kappa shape index (κ1) is 26.9. The van der Waals surface area contributed by atoms with E-state index >= 15 is 0 Å². The number of carbonyl (C=O) groups excluding carboxylic acids is 2. The van der Waals surface area contributed by atoms with E-state index < -0.39 is 16.1 Å². The Morgan fingerprint density at radius 2 is 1.81 bits per heavy atom. The van der Waals surface area contributed by atoms with Gasteiger partial charge in [0.25, 0.3) is 0 Å².